The van der Waals surface area contributed by atoms with Gasteiger partial charge in [-0.3, -0.25) is 0 Å². The molecule has 0 saturated carbocycles. The molecule has 3 aromatic rings. The first-order valence-electron chi connectivity index (χ1n) is 5.27. The van der Waals surface area contributed by atoms with Gasteiger partial charge in [0.2, 0.25) is 6.33 Å². The fourth-order valence-corrected chi connectivity index (χ4v) is 1.80. The van der Waals surface area contributed by atoms with Crippen molar-refractivity contribution >= 4 is 5.65 Å². The number of benzene rings is 1. The van der Waals surface area contributed by atoms with Crippen LogP contribution < -0.4 is 4.40 Å². The van der Waals surface area contributed by atoms with Crippen LogP contribution in [0.25, 0.3) is 11.3 Å². The molecule has 0 unspecified atom stereocenters. The van der Waals surface area contributed by atoms with Gasteiger partial charge in [-0.15, -0.1) is 0 Å². The van der Waals surface area contributed by atoms with Gasteiger partial charge in [0.1, 0.15) is 5.69 Å². The molecule has 1 aromatic carbocycles. The Balaban J connectivity index is 2.23. The van der Waals surface area contributed by atoms with Crippen LogP contribution in [0.5, 0.6) is 0 Å². The Morgan fingerprint density at radius 3 is 2.56 bits per heavy atom. The monoisotopic (exact) mass is 210 g/mol. The van der Waals surface area contributed by atoms with Gasteiger partial charge in [0.05, 0.1) is 10.8 Å². The Labute approximate surface area is 93.6 Å². The van der Waals surface area contributed by atoms with E-state index in [0.29, 0.717) is 0 Å². The summed E-state index contributed by atoms with van der Waals surface area (Å²) in [5, 5.41) is 4.52. The van der Waals surface area contributed by atoms with E-state index < -0.39 is 0 Å². The molecule has 0 spiro atoms. The molecule has 3 nitrogen and oxygen atoms in total. The number of nitrogens with zero attached hydrogens (tertiary/aromatic N) is 3. The Morgan fingerprint density at radius 1 is 1.00 bits per heavy atom. The Hall–Kier alpha value is -2.16. The first-order chi connectivity index (χ1) is 7.84. The lowest BCUT2D eigenvalue weighted by molar-refractivity contribution is -0.520. The van der Waals surface area contributed by atoms with Crippen LogP contribution in [0.3, 0.4) is 0 Å². The summed E-state index contributed by atoms with van der Waals surface area (Å²) in [4.78, 5) is 0. The molecule has 0 amide bonds. The minimum Gasteiger partial charge on any atom is -0.201 e. The molecule has 0 N–H and O–H groups in total. The van der Waals surface area contributed by atoms with Crippen LogP contribution in [-0.4, -0.2) is 9.78 Å². The van der Waals surface area contributed by atoms with Crippen molar-refractivity contribution in [1.29, 1.82) is 0 Å². The largest absolute Gasteiger partial charge is 0.306 e. The average Bonchev–Trinajstić information content (AvgIpc) is 2.76. The molecule has 0 fully saturated rings. The van der Waals surface area contributed by atoms with Gasteiger partial charge in [-0.1, -0.05) is 28.9 Å². The van der Waals surface area contributed by atoms with Crippen molar-refractivity contribution in [3.05, 3.63) is 60.6 Å². The van der Waals surface area contributed by atoms with Crippen LogP contribution in [0.2, 0.25) is 0 Å². The van der Waals surface area contributed by atoms with Crippen LogP contribution in [0.4, 0.5) is 0 Å². The third kappa shape index (κ3) is 1.37. The SMILES string of the molecule is Cc1cccc2nn(-c3ccccc3)c[n+]12. The second-order valence-electron chi connectivity index (χ2n) is 3.79. The maximum absolute atomic E-state index is 4.52. The quantitative estimate of drug-likeness (QED) is 0.562. The fourth-order valence-electron chi connectivity index (χ4n) is 1.80. The van der Waals surface area contributed by atoms with Gasteiger partial charge in [-0.2, -0.15) is 0 Å². The van der Waals surface area contributed by atoms with E-state index >= 15 is 0 Å². The molecule has 0 radical (unpaired) electrons. The molecule has 0 bridgehead atoms. The summed E-state index contributed by atoms with van der Waals surface area (Å²) in [5.41, 5.74) is 3.22. The van der Waals surface area contributed by atoms with E-state index in [4.69, 9.17) is 0 Å². The molecule has 3 heteroatoms. The van der Waals surface area contributed by atoms with Gasteiger partial charge in [-0.05, 0) is 25.1 Å². The topological polar surface area (TPSA) is 21.9 Å². The highest BCUT2D eigenvalue weighted by Gasteiger charge is 2.11. The van der Waals surface area contributed by atoms with E-state index in [2.05, 4.69) is 22.5 Å². The number of pyridine rings is 1. The molecule has 2 heterocycles. The molecule has 0 aliphatic carbocycles. The number of aryl methyl sites for hydroxylation is 1. The van der Waals surface area contributed by atoms with Crippen molar-refractivity contribution < 1.29 is 4.40 Å². The molecule has 2 aromatic heterocycles. The Morgan fingerprint density at radius 2 is 1.81 bits per heavy atom. The van der Waals surface area contributed by atoms with Gasteiger partial charge in [0.15, 0.2) is 0 Å². The molecule has 16 heavy (non-hydrogen) atoms. The minimum absolute atomic E-state index is 0.962. The second-order valence-corrected chi connectivity index (χ2v) is 3.79. The van der Waals surface area contributed by atoms with Crippen LogP contribution in [-0.2, 0) is 0 Å². The van der Waals surface area contributed by atoms with Crippen molar-refractivity contribution in [3.63, 3.8) is 0 Å². The highest BCUT2D eigenvalue weighted by molar-refractivity contribution is 5.33. The van der Waals surface area contributed by atoms with Gasteiger partial charge in [0, 0.05) is 6.07 Å². The lowest BCUT2D eigenvalue weighted by Gasteiger charge is -1.90. The number of aromatic nitrogens is 3. The molecule has 3 rings (SSSR count). The first kappa shape index (κ1) is 9.09. The predicted molar refractivity (Wildman–Crippen MR) is 61.5 cm³/mol. The highest BCUT2D eigenvalue weighted by atomic mass is 15.3. The first-order valence-corrected chi connectivity index (χ1v) is 5.27. The summed E-state index contributed by atoms with van der Waals surface area (Å²) in [6, 6.07) is 16.2. The highest BCUT2D eigenvalue weighted by Crippen LogP contribution is 2.05. The fraction of sp³-hybridized carbons (Fsp3) is 0.0769. The lowest BCUT2D eigenvalue weighted by atomic mass is 10.3. The van der Waals surface area contributed by atoms with Crippen LogP contribution >= 0.6 is 0 Å². The predicted octanol–water partition coefficient (Wildman–Crippen LogP) is 1.92. The summed E-state index contributed by atoms with van der Waals surface area (Å²) in [5.74, 6) is 0. The van der Waals surface area contributed by atoms with Crippen molar-refractivity contribution in [2.45, 2.75) is 6.92 Å². The summed E-state index contributed by atoms with van der Waals surface area (Å²) in [7, 11) is 0. The van der Waals surface area contributed by atoms with Crippen molar-refractivity contribution in [3.8, 4) is 5.69 Å². The zero-order chi connectivity index (χ0) is 11.0. The maximum atomic E-state index is 4.52. The molecule has 0 atom stereocenters. The number of hydrogen-bond acceptors (Lipinski definition) is 1. The molecule has 78 valence electrons. The Kier molecular flexibility index (Phi) is 1.96. The summed E-state index contributed by atoms with van der Waals surface area (Å²) in [6.45, 7) is 2.07. The third-order valence-electron chi connectivity index (χ3n) is 2.67. The van der Waals surface area contributed by atoms with Crippen LogP contribution in [0.15, 0.2) is 54.9 Å². The molecule has 0 aliphatic rings. The zero-order valence-electron chi connectivity index (χ0n) is 9.04. The number of para-hydroxylation sites is 1. The van der Waals surface area contributed by atoms with Crippen molar-refractivity contribution in [2.24, 2.45) is 0 Å². The summed E-state index contributed by atoms with van der Waals surface area (Å²) in [6.07, 6.45) is 2.00. The maximum Gasteiger partial charge on any atom is 0.306 e. The number of rotatable bonds is 1. The van der Waals surface area contributed by atoms with Gasteiger partial charge in [-0.25, -0.2) is 4.40 Å². The molecule has 0 aliphatic heterocycles. The van der Waals surface area contributed by atoms with Crippen molar-refractivity contribution in [1.82, 2.24) is 9.78 Å². The van der Waals surface area contributed by atoms with E-state index in [0.717, 1.165) is 11.3 Å². The third-order valence-corrected chi connectivity index (χ3v) is 2.67. The normalized spacial score (nSPS) is 10.8. The second kappa shape index (κ2) is 3.45. The summed E-state index contributed by atoms with van der Waals surface area (Å²) < 4.78 is 3.97. The Bertz CT molecular complexity index is 626. The van der Waals surface area contributed by atoms with Crippen LogP contribution in [0, 0.1) is 6.92 Å². The summed E-state index contributed by atoms with van der Waals surface area (Å²) >= 11 is 0. The molecular formula is C13H12N3+. The average molecular weight is 210 g/mol. The lowest BCUT2D eigenvalue weighted by Crippen LogP contribution is -2.22. The van der Waals surface area contributed by atoms with E-state index in [1.54, 1.807) is 0 Å². The van der Waals surface area contributed by atoms with E-state index in [1.807, 2.05) is 53.5 Å². The zero-order valence-corrected chi connectivity index (χ0v) is 9.04. The number of hydrogen-bond donors (Lipinski definition) is 0. The van der Waals surface area contributed by atoms with Gasteiger partial charge in [0.25, 0.3) is 0 Å². The smallest absolute Gasteiger partial charge is 0.201 e. The van der Waals surface area contributed by atoms with E-state index in [-0.39, 0.29) is 0 Å². The van der Waals surface area contributed by atoms with Crippen molar-refractivity contribution in [2.75, 3.05) is 0 Å². The van der Waals surface area contributed by atoms with E-state index in [1.165, 1.54) is 5.69 Å². The van der Waals surface area contributed by atoms with Gasteiger partial charge < -0.3 is 0 Å². The minimum atomic E-state index is 0.962. The van der Waals surface area contributed by atoms with Crippen LogP contribution in [0.1, 0.15) is 5.69 Å². The number of fused-ring (bicyclic) bond motifs is 1. The molecule has 0 saturated heterocycles. The standard InChI is InChI=1S/C13H12N3/c1-11-6-5-9-13-14-16(10-15(11)13)12-7-3-2-4-8-12/h2-10H,1H3/q+1. The molecular weight excluding hydrogens is 198 g/mol. The van der Waals surface area contributed by atoms with E-state index in [9.17, 15) is 0 Å². The van der Waals surface area contributed by atoms with Gasteiger partial charge >= 0.3 is 5.65 Å².